The molecule has 1 unspecified atom stereocenters. The zero-order valence-corrected chi connectivity index (χ0v) is 10.5. The molecule has 0 aliphatic carbocycles. The first-order valence-corrected chi connectivity index (χ1v) is 5.97. The van der Waals surface area contributed by atoms with Gasteiger partial charge in [0.05, 0.1) is 5.02 Å². The molecule has 1 aliphatic heterocycles. The molecule has 6 heteroatoms. The number of benzene rings is 1. The quantitative estimate of drug-likeness (QED) is 0.874. The number of hydrogen-bond donors (Lipinski definition) is 2. The highest BCUT2D eigenvalue weighted by atomic mass is 35.5. The van der Waals surface area contributed by atoms with Crippen LogP contribution in [0.3, 0.4) is 0 Å². The van der Waals surface area contributed by atoms with Gasteiger partial charge in [0.25, 0.3) is 0 Å². The lowest BCUT2D eigenvalue weighted by Gasteiger charge is -2.20. The minimum absolute atomic E-state index is 0.0731. The van der Waals surface area contributed by atoms with Crippen molar-refractivity contribution in [3.05, 3.63) is 34.6 Å². The minimum Gasteiger partial charge on any atom is -0.480 e. The van der Waals surface area contributed by atoms with Gasteiger partial charge in [-0.05, 0) is 24.1 Å². The summed E-state index contributed by atoms with van der Waals surface area (Å²) in [7, 11) is 0. The van der Waals surface area contributed by atoms with Gasteiger partial charge in [-0.3, -0.25) is 9.69 Å². The molecule has 4 nitrogen and oxygen atoms in total. The van der Waals surface area contributed by atoms with Crippen LogP contribution in [-0.2, 0) is 11.3 Å². The van der Waals surface area contributed by atoms with Crippen molar-refractivity contribution in [1.82, 2.24) is 4.90 Å². The molecule has 1 atom stereocenters. The molecule has 0 bridgehead atoms. The lowest BCUT2D eigenvalue weighted by atomic mass is 10.0. The molecule has 1 heterocycles. The number of rotatable bonds is 3. The summed E-state index contributed by atoms with van der Waals surface area (Å²) in [6.07, 6.45) is 0.414. The number of aliphatic carboxylic acids is 1. The summed E-state index contributed by atoms with van der Waals surface area (Å²) in [6.45, 7) is 1.42. The van der Waals surface area contributed by atoms with E-state index in [1.807, 2.05) is 4.90 Å². The zero-order chi connectivity index (χ0) is 13.3. The maximum absolute atomic E-state index is 13.0. The summed E-state index contributed by atoms with van der Waals surface area (Å²) in [5, 5.41) is 9.09. The third kappa shape index (κ3) is 2.63. The third-order valence-corrected chi connectivity index (χ3v) is 3.49. The van der Waals surface area contributed by atoms with Gasteiger partial charge in [0.15, 0.2) is 0 Å². The number of carboxylic acids is 1. The SMILES string of the molecule is NC1(C(=O)O)CCN(Cc2ccc(F)c(Cl)c2)C1. The molecule has 0 saturated carbocycles. The van der Waals surface area contributed by atoms with Gasteiger partial charge >= 0.3 is 5.97 Å². The summed E-state index contributed by atoms with van der Waals surface area (Å²) in [5.41, 5.74) is 5.44. The van der Waals surface area contributed by atoms with Gasteiger partial charge in [-0.15, -0.1) is 0 Å². The van der Waals surface area contributed by atoms with Crippen molar-refractivity contribution in [2.24, 2.45) is 5.73 Å². The van der Waals surface area contributed by atoms with Crippen LogP contribution in [0.25, 0.3) is 0 Å². The van der Waals surface area contributed by atoms with E-state index < -0.39 is 17.3 Å². The summed E-state index contributed by atoms with van der Waals surface area (Å²) in [4.78, 5) is 12.9. The smallest absolute Gasteiger partial charge is 0.325 e. The van der Waals surface area contributed by atoms with Crippen molar-refractivity contribution in [2.75, 3.05) is 13.1 Å². The van der Waals surface area contributed by atoms with Crippen LogP contribution in [0.15, 0.2) is 18.2 Å². The van der Waals surface area contributed by atoms with Crippen molar-refractivity contribution in [1.29, 1.82) is 0 Å². The van der Waals surface area contributed by atoms with Gasteiger partial charge < -0.3 is 10.8 Å². The fourth-order valence-corrected chi connectivity index (χ4v) is 2.32. The van der Waals surface area contributed by atoms with E-state index in [1.54, 1.807) is 12.1 Å². The molecule has 0 spiro atoms. The van der Waals surface area contributed by atoms with Gasteiger partial charge in [0, 0.05) is 19.6 Å². The second-order valence-corrected chi connectivity index (χ2v) is 5.08. The van der Waals surface area contributed by atoms with E-state index in [-0.39, 0.29) is 11.6 Å². The maximum atomic E-state index is 13.0. The predicted octanol–water partition coefficient (Wildman–Crippen LogP) is 1.47. The minimum atomic E-state index is -1.18. The van der Waals surface area contributed by atoms with E-state index in [0.29, 0.717) is 19.5 Å². The Morgan fingerprint density at radius 1 is 1.61 bits per heavy atom. The summed E-state index contributed by atoms with van der Waals surface area (Å²) in [6, 6.07) is 4.49. The number of likely N-dealkylation sites (tertiary alicyclic amines) is 1. The summed E-state index contributed by atoms with van der Waals surface area (Å²) < 4.78 is 13.0. The molecule has 3 N–H and O–H groups in total. The second kappa shape index (κ2) is 4.84. The van der Waals surface area contributed by atoms with Gasteiger partial charge in [0.2, 0.25) is 0 Å². The highest BCUT2D eigenvalue weighted by molar-refractivity contribution is 6.30. The number of carbonyl (C=O) groups is 1. The maximum Gasteiger partial charge on any atom is 0.325 e. The molecule has 2 rings (SSSR count). The summed E-state index contributed by atoms with van der Waals surface area (Å²) >= 11 is 5.69. The average molecular weight is 273 g/mol. The standard InChI is InChI=1S/C12H14ClFN2O2/c13-9-5-8(1-2-10(9)14)6-16-4-3-12(15,7-16)11(17)18/h1-2,5H,3-4,6-7,15H2,(H,17,18). The molecule has 1 aromatic carbocycles. The predicted molar refractivity (Wildman–Crippen MR) is 65.9 cm³/mol. The van der Waals surface area contributed by atoms with E-state index in [9.17, 15) is 9.18 Å². The normalized spacial score (nSPS) is 24.4. The number of nitrogens with two attached hydrogens (primary N) is 1. The third-order valence-electron chi connectivity index (χ3n) is 3.20. The fraction of sp³-hybridized carbons (Fsp3) is 0.417. The van der Waals surface area contributed by atoms with Gasteiger partial charge in [-0.25, -0.2) is 4.39 Å². The molecule has 18 heavy (non-hydrogen) atoms. The first-order chi connectivity index (χ1) is 8.40. The Kier molecular flexibility index (Phi) is 3.56. The van der Waals surface area contributed by atoms with Gasteiger partial charge in [0.1, 0.15) is 11.4 Å². The number of hydrogen-bond acceptors (Lipinski definition) is 3. The first kappa shape index (κ1) is 13.3. The topological polar surface area (TPSA) is 66.6 Å². The lowest BCUT2D eigenvalue weighted by Crippen LogP contribution is -2.50. The van der Waals surface area contributed by atoms with E-state index in [1.165, 1.54) is 6.07 Å². The molecule has 0 aromatic heterocycles. The molecule has 1 aromatic rings. The van der Waals surface area contributed by atoms with E-state index in [4.69, 9.17) is 22.4 Å². The van der Waals surface area contributed by atoms with E-state index in [0.717, 1.165) is 5.56 Å². The van der Waals surface area contributed by atoms with Crippen LogP contribution in [0.4, 0.5) is 4.39 Å². The molecule has 0 radical (unpaired) electrons. The molecule has 0 amide bonds. The Morgan fingerprint density at radius 2 is 2.33 bits per heavy atom. The molecular weight excluding hydrogens is 259 g/mol. The Labute approximate surface area is 109 Å². The van der Waals surface area contributed by atoms with Crippen molar-refractivity contribution >= 4 is 17.6 Å². The van der Waals surface area contributed by atoms with Crippen LogP contribution in [0.5, 0.6) is 0 Å². The highest BCUT2D eigenvalue weighted by Gasteiger charge is 2.40. The zero-order valence-electron chi connectivity index (χ0n) is 9.70. The summed E-state index contributed by atoms with van der Waals surface area (Å²) in [5.74, 6) is -1.44. The second-order valence-electron chi connectivity index (χ2n) is 4.67. The molecular formula is C12H14ClFN2O2. The first-order valence-electron chi connectivity index (χ1n) is 5.59. The van der Waals surface area contributed by atoms with Crippen molar-refractivity contribution in [2.45, 2.75) is 18.5 Å². The Hall–Kier alpha value is -1.17. The van der Waals surface area contributed by atoms with Crippen molar-refractivity contribution in [3.63, 3.8) is 0 Å². The lowest BCUT2D eigenvalue weighted by molar-refractivity contribution is -0.142. The fourth-order valence-electron chi connectivity index (χ4n) is 2.12. The van der Waals surface area contributed by atoms with Gasteiger partial charge in [-0.2, -0.15) is 0 Å². The van der Waals surface area contributed by atoms with Crippen LogP contribution < -0.4 is 5.73 Å². The molecule has 1 fully saturated rings. The van der Waals surface area contributed by atoms with Crippen LogP contribution in [0, 0.1) is 5.82 Å². The van der Waals surface area contributed by atoms with Crippen molar-refractivity contribution in [3.8, 4) is 0 Å². The molecule has 1 saturated heterocycles. The van der Waals surface area contributed by atoms with Crippen LogP contribution in [0.1, 0.15) is 12.0 Å². The Balaban J connectivity index is 2.03. The number of nitrogens with zero attached hydrogens (tertiary/aromatic N) is 1. The number of carboxylic acid groups (broad SMARTS) is 1. The van der Waals surface area contributed by atoms with Crippen LogP contribution in [0.2, 0.25) is 5.02 Å². The van der Waals surface area contributed by atoms with E-state index >= 15 is 0 Å². The average Bonchev–Trinajstić information content (AvgIpc) is 2.67. The van der Waals surface area contributed by atoms with E-state index in [2.05, 4.69) is 0 Å². The van der Waals surface area contributed by atoms with Crippen LogP contribution in [-0.4, -0.2) is 34.6 Å². The molecule has 1 aliphatic rings. The molecule has 98 valence electrons. The Morgan fingerprint density at radius 3 is 2.89 bits per heavy atom. The van der Waals surface area contributed by atoms with Gasteiger partial charge in [-0.1, -0.05) is 17.7 Å². The van der Waals surface area contributed by atoms with Crippen molar-refractivity contribution < 1.29 is 14.3 Å². The highest BCUT2D eigenvalue weighted by Crippen LogP contribution is 2.23. The largest absolute Gasteiger partial charge is 0.480 e. The number of halogens is 2. The Bertz CT molecular complexity index is 483. The monoisotopic (exact) mass is 272 g/mol. The van der Waals surface area contributed by atoms with Crippen LogP contribution >= 0.6 is 11.6 Å².